The zero-order chi connectivity index (χ0) is 14.3. The molecule has 0 bridgehead atoms. The van der Waals surface area contributed by atoms with E-state index in [-0.39, 0.29) is 6.09 Å². The molecule has 5 heteroatoms. The maximum Gasteiger partial charge on any atom is 0.410 e. The second kappa shape index (κ2) is 4.51. The molecule has 5 nitrogen and oxygen atoms in total. The third-order valence-electron chi connectivity index (χ3n) is 3.39. The Morgan fingerprint density at radius 2 is 2.15 bits per heavy atom. The Labute approximate surface area is 118 Å². The van der Waals surface area contributed by atoms with Crippen molar-refractivity contribution in [1.82, 2.24) is 14.3 Å². The summed E-state index contributed by atoms with van der Waals surface area (Å²) in [6.07, 6.45) is 6.34. The van der Waals surface area contributed by atoms with Crippen molar-refractivity contribution in [2.45, 2.75) is 39.3 Å². The van der Waals surface area contributed by atoms with Crippen LogP contribution in [0, 0.1) is 0 Å². The van der Waals surface area contributed by atoms with E-state index in [2.05, 4.69) is 17.2 Å². The highest BCUT2D eigenvalue weighted by molar-refractivity contribution is 5.69. The number of rotatable bonds is 0. The first kappa shape index (κ1) is 13.0. The Morgan fingerprint density at radius 1 is 1.35 bits per heavy atom. The predicted molar refractivity (Wildman–Crippen MR) is 75.5 cm³/mol. The molecule has 0 spiro atoms. The number of pyridine rings is 1. The van der Waals surface area contributed by atoms with Crippen LogP contribution in [-0.4, -0.2) is 32.5 Å². The van der Waals surface area contributed by atoms with Crippen LogP contribution in [0.25, 0.3) is 5.52 Å². The summed E-state index contributed by atoms with van der Waals surface area (Å²) in [5, 5.41) is 0. The lowest BCUT2D eigenvalue weighted by molar-refractivity contribution is 0.0224. The van der Waals surface area contributed by atoms with Crippen molar-refractivity contribution in [3.8, 4) is 0 Å². The topological polar surface area (TPSA) is 46.8 Å². The summed E-state index contributed by atoms with van der Waals surface area (Å²) in [5.74, 6) is 0. The molecule has 0 aliphatic carbocycles. The molecule has 0 fully saturated rings. The molecule has 0 atom stereocenters. The summed E-state index contributed by atoms with van der Waals surface area (Å²) in [7, 11) is 0. The van der Waals surface area contributed by atoms with Gasteiger partial charge in [0.15, 0.2) is 0 Å². The zero-order valence-corrected chi connectivity index (χ0v) is 12.1. The summed E-state index contributed by atoms with van der Waals surface area (Å²) in [6, 6.07) is 2.10. The molecule has 106 valence electrons. The first-order valence-electron chi connectivity index (χ1n) is 6.84. The Hall–Kier alpha value is -2.04. The lowest BCUT2D eigenvalue weighted by Gasteiger charge is -2.31. The van der Waals surface area contributed by atoms with Crippen LogP contribution < -0.4 is 0 Å². The average Bonchev–Trinajstić information content (AvgIpc) is 2.80. The van der Waals surface area contributed by atoms with Gasteiger partial charge in [0, 0.05) is 19.3 Å². The van der Waals surface area contributed by atoms with Crippen LogP contribution in [0.3, 0.4) is 0 Å². The van der Waals surface area contributed by atoms with E-state index in [1.165, 1.54) is 11.1 Å². The maximum absolute atomic E-state index is 12.1. The second-order valence-electron chi connectivity index (χ2n) is 6.20. The van der Waals surface area contributed by atoms with E-state index < -0.39 is 5.60 Å². The predicted octanol–water partition coefficient (Wildman–Crippen LogP) is 2.63. The van der Waals surface area contributed by atoms with Gasteiger partial charge < -0.3 is 14.0 Å². The van der Waals surface area contributed by atoms with Gasteiger partial charge in [-0.25, -0.2) is 9.78 Å². The van der Waals surface area contributed by atoms with Gasteiger partial charge in [0.1, 0.15) is 5.60 Å². The van der Waals surface area contributed by atoms with Crippen molar-refractivity contribution in [2.75, 3.05) is 6.54 Å². The first-order valence-corrected chi connectivity index (χ1v) is 6.84. The number of nitrogens with zero attached hydrogens (tertiary/aromatic N) is 3. The van der Waals surface area contributed by atoms with Crippen molar-refractivity contribution in [1.29, 1.82) is 0 Å². The van der Waals surface area contributed by atoms with E-state index in [0.717, 1.165) is 11.9 Å². The minimum atomic E-state index is -0.452. The lowest BCUT2D eigenvalue weighted by atomic mass is 10.0. The molecule has 0 unspecified atom stereocenters. The van der Waals surface area contributed by atoms with Gasteiger partial charge in [-0.3, -0.25) is 0 Å². The van der Waals surface area contributed by atoms with Crippen LogP contribution in [0.1, 0.15) is 31.9 Å². The molecule has 20 heavy (non-hydrogen) atoms. The van der Waals surface area contributed by atoms with Gasteiger partial charge in [-0.1, -0.05) is 0 Å². The number of ether oxygens (including phenoxy) is 1. The Bertz CT molecular complexity index is 655. The van der Waals surface area contributed by atoms with Gasteiger partial charge in [-0.15, -0.1) is 0 Å². The standard InChI is InChI=1S/C15H19N3O2/c1-15(2,3)20-14(19)17-5-4-11-8-18-10-16-7-13(18)6-12(11)9-17/h6-8,10H,4-5,9H2,1-3H3. The second-order valence-corrected chi connectivity index (χ2v) is 6.20. The Morgan fingerprint density at radius 3 is 2.90 bits per heavy atom. The molecule has 0 radical (unpaired) electrons. The van der Waals surface area contributed by atoms with Gasteiger partial charge >= 0.3 is 6.09 Å². The fourth-order valence-electron chi connectivity index (χ4n) is 2.45. The minimum absolute atomic E-state index is 0.239. The van der Waals surface area contributed by atoms with Gasteiger partial charge in [0.05, 0.1) is 18.0 Å². The maximum atomic E-state index is 12.1. The largest absolute Gasteiger partial charge is 0.444 e. The summed E-state index contributed by atoms with van der Waals surface area (Å²) >= 11 is 0. The number of amides is 1. The van der Waals surface area contributed by atoms with Crippen LogP contribution in [-0.2, 0) is 17.7 Å². The van der Waals surface area contributed by atoms with E-state index in [1.807, 2.05) is 31.4 Å². The molecule has 3 heterocycles. The summed E-state index contributed by atoms with van der Waals surface area (Å²) in [4.78, 5) is 18.0. The number of carbonyl (C=O) groups is 1. The zero-order valence-electron chi connectivity index (χ0n) is 12.1. The van der Waals surface area contributed by atoms with Gasteiger partial charge in [0.25, 0.3) is 0 Å². The first-order chi connectivity index (χ1) is 9.42. The summed E-state index contributed by atoms with van der Waals surface area (Å²) in [5.41, 5.74) is 3.05. The smallest absolute Gasteiger partial charge is 0.410 e. The van der Waals surface area contributed by atoms with Crippen molar-refractivity contribution in [2.24, 2.45) is 0 Å². The Balaban J connectivity index is 1.82. The number of hydrogen-bond acceptors (Lipinski definition) is 3. The molecule has 0 saturated carbocycles. The van der Waals surface area contributed by atoms with Crippen LogP contribution >= 0.6 is 0 Å². The highest BCUT2D eigenvalue weighted by atomic mass is 16.6. The third-order valence-corrected chi connectivity index (χ3v) is 3.39. The van der Waals surface area contributed by atoms with Crippen LogP contribution in [0.4, 0.5) is 4.79 Å². The highest BCUT2D eigenvalue weighted by Crippen LogP contribution is 2.22. The van der Waals surface area contributed by atoms with E-state index >= 15 is 0 Å². The van der Waals surface area contributed by atoms with Crippen LogP contribution in [0.15, 0.2) is 24.8 Å². The van der Waals surface area contributed by atoms with E-state index in [4.69, 9.17) is 4.74 Å². The van der Waals surface area contributed by atoms with Gasteiger partial charge in [-0.2, -0.15) is 0 Å². The third kappa shape index (κ3) is 2.48. The molecule has 2 aromatic rings. The van der Waals surface area contributed by atoms with Crippen LogP contribution in [0.5, 0.6) is 0 Å². The fourth-order valence-corrected chi connectivity index (χ4v) is 2.45. The SMILES string of the molecule is CC(C)(C)OC(=O)N1CCc2cn3cncc3cc2C1. The molecular formula is C15H19N3O2. The van der Waals surface area contributed by atoms with Crippen molar-refractivity contribution < 1.29 is 9.53 Å². The van der Waals surface area contributed by atoms with E-state index in [9.17, 15) is 4.79 Å². The van der Waals surface area contributed by atoms with Gasteiger partial charge in [0.2, 0.25) is 0 Å². The number of fused-ring (bicyclic) bond motifs is 2. The van der Waals surface area contributed by atoms with Crippen LogP contribution in [0.2, 0.25) is 0 Å². The summed E-state index contributed by atoms with van der Waals surface area (Å²) in [6.45, 7) is 6.96. The lowest BCUT2D eigenvalue weighted by Crippen LogP contribution is -2.39. The molecule has 1 aliphatic rings. The summed E-state index contributed by atoms with van der Waals surface area (Å²) < 4.78 is 7.45. The van der Waals surface area contributed by atoms with Gasteiger partial charge in [-0.05, 0) is 44.4 Å². The normalized spacial score (nSPS) is 15.2. The average molecular weight is 273 g/mol. The quantitative estimate of drug-likeness (QED) is 0.741. The number of aromatic nitrogens is 2. The van der Waals surface area contributed by atoms with Crippen molar-refractivity contribution in [3.05, 3.63) is 35.9 Å². The monoisotopic (exact) mass is 273 g/mol. The molecule has 0 N–H and O–H groups in total. The minimum Gasteiger partial charge on any atom is -0.444 e. The molecule has 1 amide bonds. The molecular weight excluding hydrogens is 254 g/mol. The Kier molecular flexibility index (Phi) is 2.92. The number of imidazole rings is 1. The molecule has 0 aromatic carbocycles. The number of hydrogen-bond donors (Lipinski definition) is 0. The molecule has 2 aromatic heterocycles. The number of carbonyl (C=O) groups excluding carboxylic acids is 1. The fraction of sp³-hybridized carbons (Fsp3) is 0.467. The van der Waals surface area contributed by atoms with Crippen molar-refractivity contribution in [3.63, 3.8) is 0 Å². The van der Waals surface area contributed by atoms with Crippen molar-refractivity contribution >= 4 is 11.6 Å². The molecule has 1 aliphatic heterocycles. The molecule has 3 rings (SSSR count). The van der Waals surface area contributed by atoms with E-state index in [0.29, 0.717) is 13.1 Å². The highest BCUT2D eigenvalue weighted by Gasteiger charge is 2.25. The van der Waals surface area contributed by atoms with E-state index in [1.54, 1.807) is 11.2 Å². The molecule has 0 saturated heterocycles.